The van der Waals surface area contributed by atoms with Gasteiger partial charge < -0.3 is 5.11 Å². The minimum absolute atomic E-state index is 0.0664. The van der Waals surface area contributed by atoms with Gasteiger partial charge in [0.2, 0.25) is 10.0 Å². The summed E-state index contributed by atoms with van der Waals surface area (Å²) < 4.78 is 28.6. The van der Waals surface area contributed by atoms with Gasteiger partial charge in [-0.05, 0) is 47.9 Å². The molecule has 10 nitrogen and oxygen atoms in total. The summed E-state index contributed by atoms with van der Waals surface area (Å²) in [7, 11) is -4.01. The van der Waals surface area contributed by atoms with Crippen LogP contribution in [0.25, 0.3) is 44.3 Å². The van der Waals surface area contributed by atoms with Gasteiger partial charge in [-0.25, -0.2) is 33.6 Å². The molecule has 0 aliphatic heterocycles. The summed E-state index contributed by atoms with van der Waals surface area (Å²) in [6.45, 7) is 4.00. The zero-order chi connectivity index (χ0) is 23.9. The Balaban J connectivity index is 0.00000126. The highest BCUT2D eigenvalue weighted by molar-refractivity contribution is 7.94. The molecule has 1 heterocycles. The van der Waals surface area contributed by atoms with E-state index in [0.29, 0.717) is 61.3 Å². The van der Waals surface area contributed by atoms with E-state index in [-0.39, 0.29) is 10.5 Å². The summed E-state index contributed by atoms with van der Waals surface area (Å²) in [5.74, 6) is -1.09. The number of rotatable bonds is 5. The smallest absolute Gasteiger partial charge is 0.335 e. The van der Waals surface area contributed by atoms with E-state index in [1.807, 2.05) is 13.8 Å². The number of hydrogen-bond donors (Lipinski definition) is 3. The zero-order valence-electron chi connectivity index (χ0n) is 17.3. The van der Waals surface area contributed by atoms with Gasteiger partial charge in [-0.2, -0.15) is 0 Å². The maximum Gasteiger partial charge on any atom is 0.335 e. The molecule has 4 aromatic rings. The monoisotopic (exact) mass is 487 g/mol. The Kier molecular flexibility index (Phi) is 6.05. The maximum atomic E-state index is 12.0. The van der Waals surface area contributed by atoms with E-state index in [1.54, 1.807) is 18.2 Å². The van der Waals surface area contributed by atoms with E-state index < -0.39 is 16.0 Å². The highest BCUT2D eigenvalue weighted by atomic mass is 32.2. The summed E-state index contributed by atoms with van der Waals surface area (Å²) in [4.78, 5) is 20.9. The second-order valence-electron chi connectivity index (χ2n) is 6.74. The number of aromatic carboxylic acids is 1. The van der Waals surface area contributed by atoms with Crippen LogP contribution in [0.4, 0.5) is 0 Å². The predicted molar refractivity (Wildman–Crippen MR) is 122 cm³/mol. The molecule has 0 unspecified atom stereocenters. The highest BCUT2D eigenvalue weighted by Gasteiger charge is 2.28. The molecule has 1 aromatic heterocycles. The van der Waals surface area contributed by atoms with Gasteiger partial charge in [0.15, 0.2) is 0 Å². The van der Waals surface area contributed by atoms with Gasteiger partial charge in [-0.1, -0.05) is 18.9 Å². The van der Waals surface area contributed by atoms with Crippen molar-refractivity contribution in [3.63, 3.8) is 0 Å². The summed E-state index contributed by atoms with van der Waals surface area (Å²) in [6, 6.07) is 10.6. The summed E-state index contributed by atoms with van der Waals surface area (Å²) in [6.07, 6.45) is 0. The molecule has 1 aliphatic rings. The average Bonchev–Trinajstić information content (AvgIpc) is 3.10. The quantitative estimate of drug-likeness (QED) is 0.186. The van der Waals surface area contributed by atoms with Gasteiger partial charge in [0, 0.05) is 21.4 Å². The number of hydrogen-bond acceptors (Lipinski definition) is 9. The Labute approximate surface area is 192 Å². The van der Waals surface area contributed by atoms with Crippen molar-refractivity contribution >= 4 is 49.8 Å². The van der Waals surface area contributed by atoms with Crippen molar-refractivity contribution < 1.29 is 32.9 Å². The fraction of sp³-hybridized carbons (Fsp3) is 0.0952. The number of carboxylic acids is 1. The Morgan fingerprint density at radius 1 is 1.00 bits per heavy atom. The standard InChI is InChI=1S/C19H11N3O7S2.C2H6/c20-31(26,27)11-4-9-3-10(30-29-28-25)6-12-16(9)13(7-11)18-17(12)22-15-5-8(19(23)24)1-2-14(15)21-18;1-2/h1-7,25H,(H,23,24)(H2,20,26,27);1-2H3. The third-order valence-corrected chi connectivity index (χ3v) is 6.36. The first kappa shape index (κ1) is 23.0. The van der Waals surface area contributed by atoms with Crippen molar-refractivity contribution in [2.45, 2.75) is 23.6 Å². The van der Waals surface area contributed by atoms with Crippen LogP contribution in [-0.2, 0) is 19.4 Å². The SMILES string of the molecule is CC.NS(=O)(=O)c1cc2c3c(cc(SOOO)cc3c1)-c1nc3cc(C(=O)O)ccc3nc1-2. The number of carboxylic acid groups (broad SMARTS) is 1. The lowest BCUT2D eigenvalue weighted by Crippen LogP contribution is -2.12. The maximum absolute atomic E-state index is 12.0. The minimum atomic E-state index is -4.01. The van der Waals surface area contributed by atoms with Gasteiger partial charge in [0.05, 0.1) is 44.9 Å². The van der Waals surface area contributed by atoms with Crippen LogP contribution in [0.1, 0.15) is 24.2 Å². The average molecular weight is 488 g/mol. The summed E-state index contributed by atoms with van der Waals surface area (Å²) in [5, 5.41) is 28.0. The van der Waals surface area contributed by atoms with Gasteiger partial charge in [0.25, 0.3) is 0 Å². The largest absolute Gasteiger partial charge is 0.478 e. The van der Waals surface area contributed by atoms with Crippen LogP contribution in [0.2, 0.25) is 0 Å². The molecule has 5 rings (SSSR count). The number of primary sulfonamides is 1. The van der Waals surface area contributed by atoms with Crippen LogP contribution in [-0.4, -0.2) is 34.7 Å². The van der Waals surface area contributed by atoms with Gasteiger partial charge in [-0.3, -0.25) is 0 Å². The molecular formula is C21H17N3O7S2. The third kappa shape index (κ3) is 4.04. The van der Waals surface area contributed by atoms with Crippen molar-refractivity contribution in [2.24, 2.45) is 5.14 Å². The molecule has 0 fully saturated rings. The molecule has 12 heteroatoms. The normalized spacial score (nSPS) is 11.9. The van der Waals surface area contributed by atoms with E-state index in [2.05, 4.69) is 19.3 Å². The third-order valence-electron chi connectivity index (χ3n) is 4.91. The van der Waals surface area contributed by atoms with E-state index in [1.165, 1.54) is 24.3 Å². The predicted octanol–water partition coefficient (Wildman–Crippen LogP) is 4.23. The molecule has 4 N–H and O–H groups in total. The lowest BCUT2D eigenvalue weighted by atomic mass is 10.0. The van der Waals surface area contributed by atoms with Crippen LogP contribution in [0, 0.1) is 0 Å². The molecule has 0 spiro atoms. The zero-order valence-corrected chi connectivity index (χ0v) is 18.9. The van der Waals surface area contributed by atoms with Gasteiger partial charge >= 0.3 is 5.97 Å². The molecular weight excluding hydrogens is 470 g/mol. The number of fused-ring (bicyclic) bond motifs is 4. The van der Waals surface area contributed by atoms with E-state index in [0.717, 1.165) is 0 Å². The molecule has 1 aliphatic carbocycles. The molecule has 0 atom stereocenters. The second-order valence-corrected chi connectivity index (χ2v) is 9.08. The molecule has 0 saturated heterocycles. The number of sulfonamides is 1. The number of carbonyl (C=O) groups is 1. The first-order valence-corrected chi connectivity index (χ1v) is 11.9. The Morgan fingerprint density at radius 3 is 2.30 bits per heavy atom. The topological polar surface area (TPSA) is 162 Å². The number of aromatic nitrogens is 2. The molecule has 33 heavy (non-hydrogen) atoms. The van der Waals surface area contributed by atoms with Crippen LogP contribution in [0.5, 0.6) is 0 Å². The van der Waals surface area contributed by atoms with Crippen molar-refractivity contribution in [3.05, 3.63) is 48.0 Å². The molecule has 170 valence electrons. The Hall–Kier alpha value is -3.13. The molecule has 0 radical (unpaired) electrons. The first-order chi connectivity index (χ1) is 15.8. The van der Waals surface area contributed by atoms with Crippen molar-refractivity contribution in [1.29, 1.82) is 0 Å². The van der Waals surface area contributed by atoms with E-state index in [4.69, 9.17) is 10.4 Å². The van der Waals surface area contributed by atoms with E-state index >= 15 is 0 Å². The second kappa shape index (κ2) is 8.67. The Bertz CT molecular complexity index is 1540. The minimum Gasteiger partial charge on any atom is -0.478 e. The van der Waals surface area contributed by atoms with Crippen LogP contribution < -0.4 is 5.14 Å². The van der Waals surface area contributed by atoms with Crippen LogP contribution in [0.15, 0.2) is 52.3 Å². The van der Waals surface area contributed by atoms with Gasteiger partial charge in [0.1, 0.15) is 0 Å². The Morgan fingerprint density at radius 2 is 1.67 bits per heavy atom. The lowest BCUT2D eigenvalue weighted by Gasteiger charge is -2.07. The van der Waals surface area contributed by atoms with E-state index in [9.17, 15) is 18.3 Å². The fourth-order valence-corrected chi connectivity index (χ4v) is 4.69. The first-order valence-electron chi connectivity index (χ1n) is 9.61. The molecule has 0 amide bonds. The van der Waals surface area contributed by atoms with Crippen molar-refractivity contribution in [1.82, 2.24) is 9.97 Å². The van der Waals surface area contributed by atoms with Gasteiger partial charge in [-0.15, -0.1) is 4.33 Å². The summed E-state index contributed by atoms with van der Waals surface area (Å²) >= 11 is 0.707. The van der Waals surface area contributed by atoms with Crippen LogP contribution in [0.3, 0.4) is 0 Å². The fourth-order valence-electron chi connectivity index (χ4n) is 3.66. The van der Waals surface area contributed by atoms with Crippen molar-refractivity contribution in [3.8, 4) is 22.5 Å². The van der Waals surface area contributed by atoms with Crippen LogP contribution >= 0.6 is 12.0 Å². The lowest BCUT2D eigenvalue weighted by molar-refractivity contribution is -0.432. The number of nitrogens with zero attached hydrogens (tertiary/aromatic N) is 2. The van der Waals surface area contributed by atoms with Crippen molar-refractivity contribution in [2.75, 3.05) is 0 Å². The molecule has 0 saturated carbocycles. The summed E-state index contributed by atoms with van der Waals surface area (Å²) in [5.41, 5.74) is 2.98. The molecule has 0 bridgehead atoms. The highest BCUT2D eigenvalue weighted by Crippen LogP contribution is 2.48. The molecule has 3 aromatic carbocycles. The number of benzene rings is 3. The number of nitrogens with two attached hydrogens (primary N) is 1.